The summed E-state index contributed by atoms with van der Waals surface area (Å²) in [6.07, 6.45) is 0. The van der Waals surface area contributed by atoms with E-state index in [4.69, 9.17) is 26.4 Å². The van der Waals surface area contributed by atoms with Crippen LogP contribution in [0.1, 0.15) is 10.4 Å². The van der Waals surface area contributed by atoms with Gasteiger partial charge in [0.05, 0.1) is 18.5 Å². The molecule has 7 nitrogen and oxygen atoms in total. The number of amides is 1. The number of ether oxygens (including phenoxy) is 1. The molecule has 0 bridgehead atoms. The van der Waals surface area contributed by atoms with Crippen LogP contribution in [0.3, 0.4) is 0 Å². The number of rotatable bonds is 5. The Hall–Kier alpha value is -4.36. The van der Waals surface area contributed by atoms with Gasteiger partial charge in [0, 0.05) is 60.0 Å². The summed E-state index contributed by atoms with van der Waals surface area (Å²) in [5, 5.41) is 5.58. The van der Waals surface area contributed by atoms with E-state index >= 15 is 0 Å². The van der Waals surface area contributed by atoms with E-state index < -0.39 is 0 Å². The number of carbonyl (C=O) groups excluding carboxylic acids is 1. The molecule has 0 unspecified atom stereocenters. The maximum Gasteiger partial charge on any atom is 0.253 e. The van der Waals surface area contributed by atoms with Gasteiger partial charge in [-0.05, 0) is 36.4 Å². The fourth-order valence-corrected chi connectivity index (χ4v) is 4.97. The molecule has 3 heterocycles. The first kappa shape index (κ1) is 24.0. The van der Waals surface area contributed by atoms with Crippen molar-refractivity contribution in [2.75, 3.05) is 38.2 Å². The number of piperazine rings is 1. The second-order valence-corrected chi connectivity index (χ2v) is 9.62. The summed E-state index contributed by atoms with van der Waals surface area (Å²) in [6.45, 7) is 2.58. The third-order valence-electron chi connectivity index (χ3n) is 6.83. The van der Waals surface area contributed by atoms with Gasteiger partial charge in [-0.25, -0.2) is 4.98 Å². The van der Waals surface area contributed by atoms with Gasteiger partial charge >= 0.3 is 0 Å². The zero-order chi connectivity index (χ0) is 26.1. The van der Waals surface area contributed by atoms with Crippen molar-refractivity contribution in [3.05, 3.63) is 102 Å². The van der Waals surface area contributed by atoms with Gasteiger partial charge in [-0.15, -0.1) is 0 Å². The van der Waals surface area contributed by atoms with Crippen molar-refractivity contribution in [3.63, 3.8) is 0 Å². The van der Waals surface area contributed by atoms with Crippen LogP contribution in [0.4, 0.5) is 5.82 Å². The normalized spacial score (nSPS) is 13.6. The Morgan fingerprint density at radius 2 is 1.55 bits per heavy atom. The third kappa shape index (κ3) is 4.68. The summed E-state index contributed by atoms with van der Waals surface area (Å²) < 4.78 is 7.11. The minimum Gasteiger partial charge on any atom is -0.497 e. The molecule has 1 aliphatic rings. The molecule has 0 radical (unpaired) electrons. The number of benzene rings is 3. The van der Waals surface area contributed by atoms with Crippen molar-refractivity contribution in [2.24, 2.45) is 0 Å². The molecule has 0 saturated carbocycles. The maximum absolute atomic E-state index is 13.1. The Morgan fingerprint density at radius 1 is 0.816 bits per heavy atom. The molecule has 1 saturated heterocycles. The number of nitrogens with zero attached hydrogens (tertiary/aromatic N) is 5. The van der Waals surface area contributed by atoms with E-state index in [1.54, 1.807) is 7.11 Å². The van der Waals surface area contributed by atoms with E-state index in [0.29, 0.717) is 36.8 Å². The first-order valence-corrected chi connectivity index (χ1v) is 12.9. The highest BCUT2D eigenvalue weighted by Gasteiger charge is 2.25. The maximum atomic E-state index is 13.1. The lowest BCUT2D eigenvalue weighted by Gasteiger charge is -2.36. The topological polar surface area (TPSA) is 63.0 Å². The lowest BCUT2D eigenvalue weighted by molar-refractivity contribution is 0.0746. The SMILES string of the molecule is COc1ccc(C(=O)N2CCN(c3cc(-c4ccccc4)nc4cc(-c5cccc(Cl)c5)nn34)CC2)cc1. The van der Waals surface area contributed by atoms with Crippen molar-refractivity contribution < 1.29 is 9.53 Å². The molecule has 1 aliphatic heterocycles. The molecule has 0 N–H and O–H groups in total. The predicted molar refractivity (Wildman–Crippen MR) is 150 cm³/mol. The molecule has 190 valence electrons. The molecule has 0 spiro atoms. The summed E-state index contributed by atoms with van der Waals surface area (Å²) >= 11 is 6.25. The highest BCUT2D eigenvalue weighted by molar-refractivity contribution is 6.30. The Labute approximate surface area is 225 Å². The van der Waals surface area contributed by atoms with Crippen LogP contribution in [0.5, 0.6) is 5.75 Å². The summed E-state index contributed by atoms with van der Waals surface area (Å²) in [5.41, 5.74) is 5.07. The van der Waals surface area contributed by atoms with E-state index in [9.17, 15) is 4.79 Å². The summed E-state index contributed by atoms with van der Waals surface area (Å²) in [7, 11) is 1.62. The first-order chi connectivity index (χ1) is 18.6. The van der Waals surface area contributed by atoms with Gasteiger partial charge < -0.3 is 14.5 Å². The minimum atomic E-state index is 0.0273. The van der Waals surface area contributed by atoms with Gasteiger partial charge in [-0.2, -0.15) is 9.61 Å². The van der Waals surface area contributed by atoms with Gasteiger partial charge in [0.1, 0.15) is 11.6 Å². The Balaban J connectivity index is 1.32. The Morgan fingerprint density at radius 3 is 2.26 bits per heavy atom. The Kier molecular flexibility index (Phi) is 6.43. The van der Waals surface area contributed by atoms with Gasteiger partial charge in [0.25, 0.3) is 5.91 Å². The lowest BCUT2D eigenvalue weighted by atomic mass is 10.1. The van der Waals surface area contributed by atoms with E-state index in [-0.39, 0.29) is 5.91 Å². The van der Waals surface area contributed by atoms with Crippen LogP contribution in [0.25, 0.3) is 28.2 Å². The van der Waals surface area contributed by atoms with E-state index in [2.05, 4.69) is 23.1 Å². The zero-order valence-electron chi connectivity index (χ0n) is 20.9. The molecule has 1 fully saturated rings. The molecule has 6 rings (SSSR count). The lowest BCUT2D eigenvalue weighted by Crippen LogP contribution is -2.49. The average molecular weight is 524 g/mol. The second-order valence-electron chi connectivity index (χ2n) is 9.18. The summed E-state index contributed by atoms with van der Waals surface area (Å²) in [5.74, 6) is 1.71. The second kappa shape index (κ2) is 10.2. The van der Waals surface area contributed by atoms with Crippen LogP contribution in [0.15, 0.2) is 91.0 Å². The standard InChI is InChI=1S/C30H26ClN5O2/c1-38-25-12-10-22(11-13-25)30(37)35-16-14-34(15-17-35)29-20-26(21-6-3-2-4-7-21)32-28-19-27(33-36(28)29)23-8-5-9-24(31)18-23/h2-13,18-20H,14-17H2,1H3. The molecular weight excluding hydrogens is 498 g/mol. The number of anilines is 1. The van der Waals surface area contributed by atoms with E-state index in [1.165, 1.54) is 0 Å². The largest absolute Gasteiger partial charge is 0.497 e. The number of halogens is 1. The van der Waals surface area contributed by atoms with Gasteiger partial charge in [0.2, 0.25) is 0 Å². The molecule has 2 aromatic heterocycles. The van der Waals surface area contributed by atoms with Crippen molar-refractivity contribution in [1.29, 1.82) is 0 Å². The number of hydrogen-bond acceptors (Lipinski definition) is 5. The number of carbonyl (C=O) groups is 1. The summed E-state index contributed by atoms with van der Waals surface area (Å²) in [6, 6.07) is 29.1. The summed E-state index contributed by atoms with van der Waals surface area (Å²) in [4.78, 5) is 22.2. The molecule has 0 aliphatic carbocycles. The predicted octanol–water partition coefficient (Wildman–Crippen LogP) is 5.69. The number of aromatic nitrogens is 3. The van der Waals surface area contributed by atoms with Crippen LogP contribution < -0.4 is 9.64 Å². The smallest absolute Gasteiger partial charge is 0.253 e. The molecule has 8 heteroatoms. The molecule has 3 aromatic carbocycles. The molecule has 38 heavy (non-hydrogen) atoms. The van der Waals surface area contributed by atoms with Gasteiger partial charge in [-0.1, -0.05) is 54.1 Å². The number of fused-ring (bicyclic) bond motifs is 1. The number of methoxy groups -OCH3 is 1. The van der Waals surface area contributed by atoms with Crippen LogP contribution in [0, 0.1) is 0 Å². The quantitative estimate of drug-likeness (QED) is 0.296. The highest BCUT2D eigenvalue weighted by Crippen LogP contribution is 2.29. The monoisotopic (exact) mass is 523 g/mol. The molecular formula is C30H26ClN5O2. The van der Waals surface area contributed by atoms with Crippen LogP contribution >= 0.6 is 11.6 Å². The van der Waals surface area contributed by atoms with Crippen LogP contribution in [0.2, 0.25) is 5.02 Å². The van der Waals surface area contributed by atoms with Crippen LogP contribution in [-0.2, 0) is 0 Å². The van der Waals surface area contributed by atoms with Crippen LogP contribution in [-0.4, -0.2) is 58.7 Å². The molecule has 5 aromatic rings. The molecule has 0 atom stereocenters. The zero-order valence-corrected chi connectivity index (χ0v) is 21.7. The van der Waals surface area contributed by atoms with E-state index in [0.717, 1.165) is 39.7 Å². The average Bonchev–Trinajstić information content (AvgIpc) is 3.41. The Bertz CT molecular complexity index is 1590. The fourth-order valence-electron chi connectivity index (χ4n) is 4.78. The molecule has 1 amide bonds. The van der Waals surface area contributed by atoms with Crippen molar-refractivity contribution >= 4 is 29.0 Å². The first-order valence-electron chi connectivity index (χ1n) is 12.5. The van der Waals surface area contributed by atoms with Crippen molar-refractivity contribution in [2.45, 2.75) is 0 Å². The third-order valence-corrected chi connectivity index (χ3v) is 7.06. The van der Waals surface area contributed by atoms with Gasteiger partial charge in [-0.3, -0.25) is 4.79 Å². The minimum absolute atomic E-state index is 0.0273. The van der Waals surface area contributed by atoms with Crippen molar-refractivity contribution in [3.8, 4) is 28.3 Å². The van der Waals surface area contributed by atoms with Crippen molar-refractivity contribution in [1.82, 2.24) is 19.5 Å². The fraction of sp³-hybridized carbons (Fsp3) is 0.167. The van der Waals surface area contributed by atoms with Gasteiger partial charge in [0.15, 0.2) is 5.65 Å². The number of hydrogen-bond donors (Lipinski definition) is 0. The van der Waals surface area contributed by atoms with E-state index in [1.807, 2.05) is 82.2 Å². The highest BCUT2D eigenvalue weighted by atomic mass is 35.5.